The van der Waals surface area contributed by atoms with Gasteiger partial charge in [0, 0.05) is 11.6 Å². The third kappa shape index (κ3) is 2.62. The molecule has 1 atom stereocenters. The molecule has 3 nitrogen and oxygen atoms in total. The van der Waals surface area contributed by atoms with Gasteiger partial charge < -0.3 is 4.74 Å². The number of nitrogens with zero attached hydrogens (tertiary/aromatic N) is 1. The number of hydrogen-bond acceptors (Lipinski definition) is 3. The number of fused-ring (bicyclic) bond motifs is 1. The van der Waals surface area contributed by atoms with Crippen molar-refractivity contribution in [1.29, 1.82) is 5.26 Å². The number of alkyl halides is 4. The van der Waals surface area contributed by atoms with E-state index in [9.17, 15) is 26.2 Å². The Kier molecular flexibility index (Phi) is 4.12. The molecular formula is C15H5BrF5NO2S. The van der Waals surface area contributed by atoms with Gasteiger partial charge in [0.05, 0.1) is 21.0 Å². The second kappa shape index (κ2) is 5.78. The lowest BCUT2D eigenvalue weighted by Crippen LogP contribution is -2.35. The number of benzene rings is 2. The molecule has 3 rings (SSSR count). The van der Waals surface area contributed by atoms with Crippen LogP contribution in [-0.2, 0) is 16.7 Å². The average Bonchev–Trinajstić information content (AvgIpc) is 2.67. The molecule has 0 saturated heterocycles. The fourth-order valence-electron chi connectivity index (χ4n) is 2.26. The van der Waals surface area contributed by atoms with Crippen molar-refractivity contribution < 1.29 is 30.9 Å². The molecule has 0 aromatic heterocycles. The molecule has 1 heterocycles. The highest BCUT2D eigenvalue weighted by molar-refractivity contribution is 9.10. The molecule has 2 aromatic carbocycles. The number of halogens is 6. The smallest absolute Gasteiger partial charge is 0.391 e. The zero-order valence-electron chi connectivity index (χ0n) is 11.8. The van der Waals surface area contributed by atoms with Crippen LogP contribution in [0.2, 0.25) is 0 Å². The molecule has 0 bridgehead atoms. The number of hydrogen-bond donors (Lipinski definition) is 0. The molecule has 0 aliphatic carbocycles. The number of nitriles is 1. The summed E-state index contributed by atoms with van der Waals surface area (Å²) in [5.74, 6) is -5.76. The molecule has 2 aromatic rings. The standard InChI is InChI=1S/C15H5BrF5NO2S/c16-12-11(24-9-4-7(6-22)3-8(17)5-9)2-1-10-13(12)25(23)15(20,21)14(10,18)19/h1-5H. The topological polar surface area (TPSA) is 50.1 Å². The second-order valence-corrected chi connectivity index (χ2v) is 7.26. The fourth-order valence-corrected chi connectivity index (χ4v) is 4.39. The lowest BCUT2D eigenvalue weighted by molar-refractivity contribution is -0.156. The maximum Gasteiger partial charge on any atom is 0.391 e. The van der Waals surface area contributed by atoms with Gasteiger partial charge in [-0.15, -0.1) is 0 Å². The Hall–Kier alpha value is -1.99. The van der Waals surface area contributed by atoms with Gasteiger partial charge in [-0.3, -0.25) is 0 Å². The minimum absolute atomic E-state index is 0.0612. The molecule has 0 radical (unpaired) electrons. The fraction of sp³-hybridized carbons (Fsp3) is 0.133. The molecule has 0 saturated carbocycles. The van der Waals surface area contributed by atoms with Gasteiger partial charge in [-0.1, -0.05) is 0 Å². The largest absolute Gasteiger partial charge is 0.456 e. The van der Waals surface area contributed by atoms with Crippen LogP contribution in [0.4, 0.5) is 22.0 Å². The summed E-state index contributed by atoms with van der Waals surface area (Å²) >= 11 is 2.84. The van der Waals surface area contributed by atoms with Crippen LogP contribution >= 0.6 is 15.9 Å². The molecular weight excluding hydrogens is 433 g/mol. The summed E-state index contributed by atoms with van der Waals surface area (Å²) in [4.78, 5) is -0.788. The monoisotopic (exact) mass is 437 g/mol. The SMILES string of the molecule is N#Cc1cc(F)cc(Oc2ccc3c(c2Br)S(=O)C(F)(F)C3(F)F)c1. The Morgan fingerprint density at radius 3 is 2.48 bits per heavy atom. The maximum absolute atomic E-state index is 13.8. The van der Waals surface area contributed by atoms with Gasteiger partial charge in [0.25, 0.3) is 0 Å². The Balaban J connectivity index is 2.09. The molecule has 10 heteroatoms. The molecule has 1 aliphatic heterocycles. The predicted octanol–water partition coefficient (Wildman–Crippen LogP) is 5.06. The van der Waals surface area contributed by atoms with Crippen LogP contribution in [0.1, 0.15) is 11.1 Å². The molecule has 1 unspecified atom stereocenters. The van der Waals surface area contributed by atoms with E-state index in [-0.39, 0.29) is 21.5 Å². The Labute approximate surface area is 148 Å². The minimum atomic E-state index is -4.76. The Morgan fingerprint density at radius 1 is 1.16 bits per heavy atom. The molecule has 25 heavy (non-hydrogen) atoms. The average molecular weight is 438 g/mol. The highest BCUT2D eigenvalue weighted by atomic mass is 79.9. The Bertz CT molecular complexity index is 958. The first-order valence-electron chi connectivity index (χ1n) is 6.48. The zero-order chi connectivity index (χ0) is 18.6. The van der Waals surface area contributed by atoms with Gasteiger partial charge in [0.15, 0.2) is 0 Å². The first-order valence-corrected chi connectivity index (χ1v) is 8.43. The summed E-state index contributed by atoms with van der Waals surface area (Å²) in [7, 11) is -3.30. The normalized spacial score (nSPS) is 20.0. The van der Waals surface area contributed by atoms with E-state index in [4.69, 9.17) is 10.00 Å². The van der Waals surface area contributed by atoms with Gasteiger partial charge in [-0.25, -0.2) is 8.60 Å². The van der Waals surface area contributed by atoms with Crippen molar-refractivity contribution in [2.45, 2.75) is 16.1 Å². The Morgan fingerprint density at radius 2 is 1.84 bits per heavy atom. The van der Waals surface area contributed by atoms with Crippen molar-refractivity contribution in [3.8, 4) is 17.6 Å². The molecule has 130 valence electrons. The van der Waals surface area contributed by atoms with Crippen molar-refractivity contribution in [3.63, 3.8) is 0 Å². The first-order chi connectivity index (χ1) is 11.6. The predicted molar refractivity (Wildman–Crippen MR) is 80.6 cm³/mol. The van der Waals surface area contributed by atoms with Crippen LogP contribution in [0.15, 0.2) is 39.7 Å². The lowest BCUT2D eigenvalue weighted by Gasteiger charge is -2.16. The van der Waals surface area contributed by atoms with E-state index in [0.29, 0.717) is 6.07 Å². The summed E-state index contributed by atoms with van der Waals surface area (Å²) < 4.78 is 84.9. The summed E-state index contributed by atoms with van der Waals surface area (Å²) in [6.45, 7) is 0. The summed E-state index contributed by atoms with van der Waals surface area (Å²) in [6.07, 6.45) is 0. The molecule has 0 spiro atoms. The second-order valence-electron chi connectivity index (χ2n) is 5.00. The minimum Gasteiger partial charge on any atom is -0.456 e. The van der Waals surface area contributed by atoms with Crippen LogP contribution in [0.3, 0.4) is 0 Å². The van der Waals surface area contributed by atoms with Crippen molar-refractivity contribution >= 4 is 26.7 Å². The molecule has 0 amide bonds. The first kappa shape index (κ1) is 17.8. The van der Waals surface area contributed by atoms with Crippen molar-refractivity contribution in [1.82, 2.24) is 0 Å². The van der Waals surface area contributed by atoms with Crippen molar-refractivity contribution in [2.24, 2.45) is 0 Å². The van der Waals surface area contributed by atoms with E-state index in [1.54, 1.807) is 6.07 Å². The van der Waals surface area contributed by atoms with E-state index in [0.717, 1.165) is 18.2 Å². The van der Waals surface area contributed by atoms with Gasteiger partial charge in [-0.2, -0.15) is 22.8 Å². The van der Waals surface area contributed by atoms with E-state index in [1.807, 2.05) is 0 Å². The lowest BCUT2D eigenvalue weighted by atomic mass is 10.1. The van der Waals surface area contributed by atoms with Crippen LogP contribution in [0.25, 0.3) is 0 Å². The van der Waals surface area contributed by atoms with E-state index < -0.39 is 38.3 Å². The van der Waals surface area contributed by atoms with Gasteiger partial charge in [0.2, 0.25) is 0 Å². The number of rotatable bonds is 2. The molecule has 0 N–H and O–H groups in total. The van der Waals surface area contributed by atoms with Gasteiger partial charge in [0.1, 0.15) is 28.1 Å². The maximum atomic E-state index is 13.8. The highest BCUT2D eigenvalue weighted by Crippen LogP contribution is 2.57. The van der Waals surface area contributed by atoms with E-state index in [1.165, 1.54) is 6.07 Å². The zero-order valence-corrected chi connectivity index (χ0v) is 14.2. The van der Waals surface area contributed by atoms with Gasteiger partial charge >= 0.3 is 11.2 Å². The summed E-state index contributed by atoms with van der Waals surface area (Å²) in [5, 5.41) is 4.03. The van der Waals surface area contributed by atoms with Crippen LogP contribution < -0.4 is 4.74 Å². The molecule has 0 fully saturated rings. The quantitative estimate of drug-likeness (QED) is 0.617. The third-order valence-electron chi connectivity index (χ3n) is 3.41. The highest BCUT2D eigenvalue weighted by Gasteiger charge is 2.69. The number of ether oxygens (including phenoxy) is 1. The van der Waals surface area contributed by atoms with Crippen molar-refractivity contribution in [2.75, 3.05) is 0 Å². The van der Waals surface area contributed by atoms with Crippen LogP contribution in [0, 0.1) is 17.1 Å². The van der Waals surface area contributed by atoms with Crippen LogP contribution in [-0.4, -0.2) is 9.46 Å². The van der Waals surface area contributed by atoms with Gasteiger partial charge in [-0.05, 0) is 40.2 Å². The summed E-state index contributed by atoms with van der Waals surface area (Å²) in [6, 6.07) is 6.38. The van der Waals surface area contributed by atoms with Crippen molar-refractivity contribution in [3.05, 3.63) is 51.7 Å². The third-order valence-corrected chi connectivity index (χ3v) is 5.98. The van der Waals surface area contributed by atoms with E-state index >= 15 is 0 Å². The van der Waals surface area contributed by atoms with E-state index in [2.05, 4.69) is 15.9 Å². The van der Waals surface area contributed by atoms with Crippen LogP contribution in [0.5, 0.6) is 11.5 Å². The molecule has 1 aliphatic rings. The summed E-state index contributed by atoms with van der Waals surface area (Å²) in [5.41, 5.74) is -1.14.